The van der Waals surface area contributed by atoms with Gasteiger partial charge in [0.15, 0.2) is 0 Å². The van der Waals surface area contributed by atoms with E-state index < -0.39 is 0 Å². The molecule has 3 nitrogen and oxygen atoms in total. The number of nitrogens with zero attached hydrogens (tertiary/aromatic N) is 1. The van der Waals surface area contributed by atoms with Crippen molar-refractivity contribution in [3.8, 4) is 0 Å². The maximum atomic E-state index is 10.7. The third-order valence-corrected chi connectivity index (χ3v) is 3.22. The number of carbonyl (C=O) groups excluding carboxylic acids is 1. The van der Waals surface area contributed by atoms with Gasteiger partial charge in [-0.2, -0.15) is 11.8 Å². The Kier molecular flexibility index (Phi) is 6.23. The van der Waals surface area contributed by atoms with Crippen LogP contribution in [0.15, 0.2) is 0 Å². The van der Waals surface area contributed by atoms with Crippen molar-refractivity contribution in [3.63, 3.8) is 0 Å². The average Bonchev–Trinajstić information content (AvgIpc) is 2.18. The van der Waals surface area contributed by atoms with Gasteiger partial charge in [-0.25, -0.2) is 0 Å². The predicted molar refractivity (Wildman–Crippen MR) is 59.9 cm³/mol. The molecule has 0 saturated carbocycles. The van der Waals surface area contributed by atoms with Crippen LogP contribution in [-0.4, -0.2) is 55.0 Å². The summed E-state index contributed by atoms with van der Waals surface area (Å²) in [5, 5.41) is 0. The molecule has 1 saturated heterocycles. The van der Waals surface area contributed by atoms with Gasteiger partial charge in [0, 0.05) is 37.6 Å². The lowest BCUT2D eigenvalue weighted by Crippen LogP contribution is -2.37. The van der Waals surface area contributed by atoms with E-state index >= 15 is 0 Å². The lowest BCUT2D eigenvalue weighted by atomic mass is 10.4. The van der Waals surface area contributed by atoms with Gasteiger partial charge < -0.3 is 4.74 Å². The van der Waals surface area contributed by atoms with E-state index in [-0.39, 0.29) is 0 Å². The zero-order valence-electron chi connectivity index (χ0n) is 8.83. The van der Waals surface area contributed by atoms with Crippen LogP contribution in [0.5, 0.6) is 0 Å². The summed E-state index contributed by atoms with van der Waals surface area (Å²) >= 11 is 1.87. The quantitative estimate of drug-likeness (QED) is 0.622. The Balaban J connectivity index is 1.90. The van der Waals surface area contributed by atoms with E-state index in [0.717, 1.165) is 44.4 Å². The topological polar surface area (TPSA) is 29.5 Å². The zero-order chi connectivity index (χ0) is 10.2. The molecule has 0 bridgehead atoms. The van der Waals surface area contributed by atoms with Gasteiger partial charge in [-0.3, -0.25) is 9.69 Å². The minimum atomic E-state index is 0.295. The second kappa shape index (κ2) is 7.26. The maximum absolute atomic E-state index is 10.7. The van der Waals surface area contributed by atoms with Gasteiger partial charge in [0.05, 0.1) is 13.2 Å². The smallest absolute Gasteiger partial charge is 0.130 e. The molecule has 0 spiro atoms. The first-order valence-corrected chi connectivity index (χ1v) is 6.32. The molecule has 0 aromatic rings. The monoisotopic (exact) mass is 217 g/mol. The standard InChI is InChI=1S/C10H19NO2S/c1-10(12)2-8-14-9-5-11-3-6-13-7-4-11/h2-9H2,1H3. The molecule has 0 aliphatic carbocycles. The molecule has 0 unspecified atom stereocenters. The molecule has 1 fully saturated rings. The minimum absolute atomic E-state index is 0.295. The highest BCUT2D eigenvalue weighted by molar-refractivity contribution is 7.99. The molecule has 0 aromatic heterocycles. The SMILES string of the molecule is CC(=O)CCSCCN1CCOCC1. The molecule has 0 atom stereocenters. The van der Waals surface area contributed by atoms with E-state index in [1.165, 1.54) is 0 Å². The van der Waals surface area contributed by atoms with Crippen LogP contribution in [0.3, 0.4) is 0 Å². The zero-order valence-corrected chi connectivity index (χ0v) is 9.65. The van der Waals surface area contributed by atoms with Gasteiger partial charge in [0.2, 0.25) is 0 Å². The maximum Gasteiger partial charge on any atom is 0.130 e. The summed E-state index contributed by atoms with van der Waals surface area (Å²) in [6.45, 7) is 6.66. The summed E-state index contributed by atoms with van der Waals surface area (Å²) in [6.07, 6.45) is 0.716. The molecule has 4 heteroatoms. The normalized spacial score (nSPS) is 18.4. The first-order chi connectivity index (χ1) is 6.79. The second-order valence-corrected chi connectivity index (χ2v) is 4.74. The van der Waals surface area contributed by atoms with Crippen molar-refractivity contribution in [2.75, 3.05) is 44.4 Å². The predicted octanol–water partition coefficient (Wildman–Crippen LogP) is 1.03. The lowest BCUT2D eigenvalue weighted by molar-refractivity contribution is -0.116. The molecule has 0 N–H and O–H groups in total. The number of Topliss-reactive ketones (excluding diaryl/α,β-unsaturated/α-hetero) is 1. The van der Waals surface area contributed by atoms with Crippen molar-refractivity contribution in [1.82, 2.24) is 4.90 Å². The Morgan fingerprint density at radius 2 is 2.07 bits per heavy atom. The molecule has 0 amide bonds. The summed E-state index contributed by atoms with van der Waals surface area (Å²) in [6, 6.07) is 0. The van der Waals surface area contributed by atoms with Gasteiger partial charge in [-0.05, 0) is 6.92 Å². The minimum Gasteiger partial charge on any atom is -0.379 e. The summed E-state index contributed by atoms with van der Waals surface area (Å²) in [7, 11) is 0. The Morgan fingerprint density at radius 3 is 2.71 bits per heavy atom. The van der Waals surface area contributed by atoms with Gasteiger partial charge in [0.1, 0.15) is 5.78 Å². The Hall–Kier alpha value is -0.0600. The fourth-order valence-corrected chi connectivity index (χ4v) is 2.36. The van der Waals surface area contributed by atoms with Crippen LogP contribution in [0.4, 0.5) is 0 Å². The van der Waals surface area contributed by atoms with E-state index in [2.05, 4.69) is 4.90 Å². The average molecular weight is 217 g/mol. The van der Waals surface area contributed by atoms with Crippen LogP contribution < -0.4 is 0 Å². The van der Waals surface area contributed by atoms with Gasteiger partial charge in [0.25, 0.3) is 0 Å². The molecule has 0 radical (unpaired) electrons. The van der Waals surface area contributed by atoms with E-state index in [1.807, 2.05) is 11.8 Å². The molecule has 82 valence electrons. The van der Waals surface area contributed by atoms with Crippen LogP contribution in [0.1, 0.15) is 13.3 Å². The number of hydrogen-bond donors (Lipinski definition) is 0. The summed E-state index contributed by atoms with van der Waals surface area (Å²) in [4.78, 5) is 13.1. The Morgan fingerprint density at radius 1 is 1.36 bits per heavy atom. The van der Waals surface area contributed by atoms with Gasteiger partial charge in [-0.15, -0.1) is 0 Å². The highest BCUT2D eigenvalue weighted by Crippen LogP contribution is 2.05. The first kappa shape index (κ1) is 12.0. The van der Waals surface area contributed by atoms with E-state index in [9.17, 15) is 4.79 Å². The fraction of sp³-hybridized carbons (Fsp3) is 0.900. The number of ether oxygens (including phenoxy) is 1. The molecule has 1 aliphatic rings. The van der Waals surface area contributed by atoms with E-state index in [4.69, 9.17) is 4.74 Å². The van der Waals surface area contributed by atoms with Crippen molar-refractivity contribution < 1.29 is 9.53 Å². The van der Waals surface area contributed by atoms with Crippen molar-refractivity contribution in [1.29, 1.82) is 0 Å². The van der Waals surface area contributed by atoms with Gasteiger partial charge >= 0.3 is 0 Å². The number of hydrogen-bond acceptors (Lipinski definition) is 4. The van der Waals surface area contributed by atoms with Crippen LogP contribution in [0, 0.1) is 0 Å². The van der Waals surface area contributed by atoms with Crippen LogP contribution >= 0.6 is 11.8 Å². The summed E-state index contributed by atoms with van der Waals surface area (Å²) < 4.78 is 5.27. The second-order valence-electron chi connectivity index (χ2n) is 3.52. The van der Waals surface area contributed by atoms with E-state index in [0.29, 0.717) is 12.2 Å². The molecule has 0 aromatic carbocycles. The van der Waals surface area contributed by atoms with Crippen molar-refractivity contribution in [2.45, 2.75) is 13.3 Å². The van der Waals surface area contributed by atoms with Crippen molar-refractivity contribution in [2.24, 2.45) is 0 Å². The molecular weight excluding hydrogens is 198 g/mol. The molecule has 1 heterocycles. The number of morpholine rings is 1. The van der Waals surface area contributed by atoms with Crippen LogP contribution in [0.2, 0.25) is 0 Å². The van der Waals surface area contributed by atoms with E-state index in [1.54, 1.807) is 6.92 Å². The lowest BCUT2D eigenvalue weighted by Gasteiger charge is -2.26. The Labute approximate surface area is 90.2 Å². The first-order valence-electron chi connectivity index (χ1n) is 5.16. The summed E-state index contributed by atoms with van der Waals surface area (Å²) in [5.74, 6) is 2.40. The molecule has 1 aliphatic heterocycles. The largest absolute Gasteiger partial charge is 0.379 e. The highest BCUT2D eigenvalue weighted by Gasteiger charge is 2.08. The van der Waals surface area contributed by atoms with Crippen molar-refractivity contribution in [3.05, 3.63) is 0 Å². The molecule has 14 heavy (non-hydrogen) atoms. The number of carbonyl (C=O) groups is 1. The van der Waals surface area contributed by atoms with Crippen LogP contribution in [0.25, 0.3) is 0 Å². The Bertz CT molecular complexity index is 170. The van der Waals surface area contributed by atoms with Crippen molar-refractivity contribution >= 4 is 17.5 Å². The van der Waals surface area contributed by atoms with Crippen LogP contribution in [-0.2, 0) is 9.53 Å². The highest BCUT2D eigenvalue weighted by atomic mass is 32.2. The number of thioether (sulfide) groups is 1. The van der Waals surface area contributed by atoms with Gasteiger partial charge in [-0.1, -0.05) is 0 Å². The number of rotatable bonds is 6. The third kappa shape index (κ3) is 5.62. The fourth-order valence-electron chi connectivity index (χ4n) is 1.34. The molecule has 1 rings (SSSR count). The third-order valence-electron chi connectivity index (χ3n) is 2.25. The number of ketones is 1. The molecular formula is C10H19NO2S. The summed E-state index contributed by atoms with van der Waals surface area (Å²) in [5.41, 5.74) is 0.